The van der Waals surface area contributed by atoms with Crippen LogP contribution in [-0.2, 0) is 14.8 Å². The van der Waals surface area contributed by atoms with E-state index in [4.69, 9.17) is 4.74 Å². The van der Waals surface area contributed by atoms with Crippen molar-refractivity contribution in [1.82, 2.24) is 9.97 Å². The van der Waals surface area contributed by atoms with E-state index in [2.05, 4.69) is 31.0 Å². The maximum atomic E-state index is 13.0. The number of anilines is 3. The van der Waals surface area contributed by atoms with Crippen LogP contribution >= 0.6 is 11.8 Å². The molecule has 1 aromatic carbocycles. The van der Waals surface area contributed by atoms with Gasteiger partial charge in [0, 0.05) is 37.4 Å². The Morgan fingerprint density at radius 2 is 2.00 bits per heavy atom. The number of pyridine rings is 2. The van der Waals surface area contributed by atoms with Crippen LogP contribution in [-0.4, -0.2) is 44.7 Å². The van der Waals surface area contributed by atoms with E-state index in [0.29, 0.717) is 18.9 Å². The lowest BCUT2D eigenvalue weighted by Crippen LogP contribution is -2.36. The molecule has 8 nitrogen and oxygen atoms in total. The highest BCUT2D eigenvalue weighted by Crippen LogP contribution is 2.46. The van der Waals surface area contributed by atoms with Gasteiger partial charge in [-0.25, -0.2) is 13.4 Å². The van der Waals surface area contributed by atoms with Gasteiger partial charge in [0.1, 0.15) is 16.1 Å². The molecule has 1 atom stereocenters. The van der Waals surface area contributed by atoms with E-state index in [1.165, 1.54) is 6.20 Å². The number of sulfonamides is 1. The van der Waals surface area contributed by atoms with Crippen molar-refractivity contribution >= 4 is 39.0 Å². The van der Waals surface area contributed by atoms with E-state index in [1.54, 1.807) is 30.1 Å². The molecule has 2 N–H and O–H groups in total. The molecule has 1 unspecified atom stereocenters. The van der Waals surface area contributed by atoms with E-state index in [1.807, 2.05) is 31.3 Å². The van der Waals surface area contributed by atoms with Crippen molar-refractivity contribution in [3.05, 3.63) is 66.1 Å². The van der Waals surface area contributed by atoms with Gasteiger partial charge in [-0.3, -0.25) is 9.71 Å². The summed E-state index contributed by atoms with van der Waals surface area (Å²) in [5, 5.41) is 3.45. The molecule has 1 saturated heterocycles. The molecule has 0 radical (unpaired) electrons. The van der Waals surface area contributed by atoms with Crippen LogP contribution in [0.2, 0.25) is 0 Å². The summed E-state index contributed by atoms with van der Waals surface area (Å²) in [4.78, 5) is 11.8. The molecule has 166 valence electrons. The van der Waals surface area contributed by atoms with Gasteiger partial charge in [0.2, 0.25) is 0 Å². The van der Waals surface area contributed by atoms with Crippen LogP contribution in [0, 0.1) is 6.92 Å². The summed E-state index contributed by atoms with van der Waals surface area (Å²) in [5.74, 6) is 0.753. The Bertz CT molecular complexity index is 1200. The average molecular weight is 470 g/mol. The predicted octanol–water partition coefficient (Wildman–Crippen LogP) is 3.64. The summed E-state index contributed by atoms with van der Waals surface area (Å²) in [7, 11) is -3.76. The van der Waals surface area contributed by atoms with Crippen molar-refractivity contribution in [2.75, 3.05) is 41.2 Å². The highest BCUT2D eigenvalue weighted by Gasteiger charge is 2.24. The largest absolute Gasteiger partial charge is 0.378 e. The third-order valence-corrected chi connectivity index (χ3v) is 7.91. The minimum Gasteiger partial charge on any atom is -0.378 e. The summed E-state index contributed by atoms with van der Waals surface area (Å²) in [6, 6.07) is 11.0. The fraction of sp³-hybridized carbons (Fsp3) is 0.273. The van der Waals surface area contributed by atoms with E-state index in [0.717, 1.165) is 40.6 Å². The van der Waals surface area contributed by atoms with Crippen LogP contribution in [0.3, 0.4) is 0 Å². The molecule has 5 rings (SSSR count). The van der Waals surface area contributed by atoms with Crippen molar-refractivity contribution < 1.29 is 13.2 Å². The van der Waals surface area contributed by atoms with Gasteiger partial charge < -0.3 is 15.0 Å². The Morgan fingerprint density at radius 3 is 2.75 bits per heavy atom. The van der Waals surface area contributed by atoms with Gasteiger partial charge in [-0.2, -0.15) is 0 Å². The normalized spacial score (nSPS) is 18.2. The first-order valence-electron chi connectivity index (χ1n) is 10.3. The zero-order valence-corrected chi connectivity index (χ0v) is 19.1. The Labute approximate surface area is 191 Å². The smallest absolute Gasteiger partial charge is 0.263 e. The molecule has 10 heteroatoms. The zero-order chi connectivity index (χ0) is 22.1. The molecule has 2 aromatic heterocycles. The second-order valence-corrected chi connectivity index (χ2v) is 10.5. The van der Waals surface area contributed by atoms with Gasteiger partial charge in [0.15, 0.2) is 0 Å². The summed E-state index contributed by atoms with van der Waals surface area (Å²) >= 11 is 1.66. The quantitative estimate of drug-likeness (QED) is 0.585. The molecular formula is C22H23N5O3S2. The monoisotopic (exact) mass is 469 g/mol. The number of morpholine rings is 1. The van der Waals surface area contributed by atoms with E-state index in [-0.39, 0.29) is 10.3 Å². The van der Waals surface area contributed by atoms with Gasteiger partial charge in [-0.15, -0.1) is 0 Å². The van der Waals surface area contributed by atoms with Crippen LogP contribution < -0.4 is 14.9 Å². The molecule has 0 aliphatic carbocycles. The molecule has 3 aromatic rings. The lowest BCUT2D eigenvalue weighted by molar-refractivity contribution is 0.122. The lowest BCUT2D eigenvalue weighted by atomic mass is 10.1. The number of ether oxygens (including phenoxy) is 1. The van der Waals surface area contributed by atoms with Gasteiger partial charge in [0.05, 0.1) is 23.8 Å². The molecule has 1 fully saturated rings. The molecule has 0 amide bonds. The van der Waals surface area contributed by atoms with Gasteiger partial charge in [0.25, 0.3) is 10.0 Å². The van der Waals surface area contributed by atoms with Crippen molar-refractivity contribution in [3.8, 4) is 0 Å². The topological polar surface area (TPSA) is 96.5 Å². The second-order valence-electron chi connectivity index (χ2n) is 7.70. The van der Waals surface area contributed by atoms with Gasteiger partial charge in [-0.1, -0.05) is 17.8 Å². The average Bonchev–Trinajstić information content (AvgIpc) is 3.24. The molecule has 2 aliphatic rings. The molecule has 4 heterocycles. The first-order valence-corrected chi connectivity index (χ1v) is 12.6. The Hall–Kier alpha value is -2.82. The van der Waals surface area contributed by atoms with Crippen LogP contribution in [0.4, 0.5) is 17.2 Å². The second kappa shape index (κ2) is 8.61. The molecule has 2 aliphatic heterocycles. The van der Waals surface area contributed by atoms with Gasteiger partial charge >= 0.3 is 0 Å². The molecule has 0 spiro atoms. The number of hydrogen-bond acceptors (Lipinski definition) is 8. The van der Waals surface area contributed by atoms with Crippen molar-refractivity contribution in [3.63, 3.8) is 0 Å². The molecule has 32 heavy (non-hydrogen) atoms. The van der Waals surface area contributed by atoms with Crippen LogP contribution in [0.25, 0.3) is 0 Å². The first-order chi connectivity index (χ1) is 15.5. The number of rotatable bonds is 5. The number of thioether (sulfide) groups is 1. The maximum absolute atomic E-state index is 13.0. The minimum atomic E-state index is -3.76. The van der Waals surface area contributed by atoms with E-state index < -0.39 is 10.0 Å². The summed E-state index contributed by atoms with van der Waals surface area (Å²) in [6.45, 7) is 4.74. The highest BCUT2D eigenvalue weighted by molar-refractivity contribution is 8.00. The maximum Gasteiger partial charge on any atom is 0.263 e. The molecular weight excluding hydrogens is 446 g/mol. The molecule has 0 saturated carbocycles. The standard InChI is InChI=1S/C22H23N5O3S2/c1-15-10-16(22-25-19-4-5-23-14-20(19)31-22)12-17(11-15)26-32(28,29)18-2-3-21(24-13-18)27-6-8-30-9-7-27/h2-5,10-14,22,25-26H,6-9H2,1H3. The fourth-order valence-electron chi connectivity index (χ4n) is 3.79. The van der Waals surface area contributed by atoms with Crippen LogP contribution in [0.15, 0.2) is 64.8 Å². The van der Waals surface area contributed by atoms with Crippen molar-refractivity contribution in [2.24, 2.45) is 0 Å². The number of fused-ring (bicyclic) bond motifs is 1. The van der Waals surface area contributed by atoms with Crippen LogP contribution in [0.1, 0.15) is 16.5 Å². The number of nitrogens with zero attached hydrogens (tertiary/aromatic N) is 3. The Balaban J connectivity index is 1.34. The van der Waals surface area contributed by atoms with Crippen LogP contribution in [0.5, 0.6) is 0 Å². The van der Waals surface area contributed by atoms with E-state index in [9.17, 15) is 8.42 Å². The van der Waals surface area contributed by atoms with E-state index >= 15 is 0 Å². The SMILES string of the molecule is Cc1cc(NS(=O)(=O)c2ccc(N3CCOCC3)nc2)cc(C2Nc3ccncc3S2)c1. The van der Waals surface area contributed by atoms with Crippen molar-refractivity contribution in [1.29, 1.82) is 0 Å². The third kappa shape index (κ3) is 4.38. The summed E-state index contributed by atoms with van der Waals surface area (Å²) in [6.07, 6.45) is 4.99. The molecule has 0 bridgehead atoms. The highest BCUT2D eigenvalue weighted by atomic mass is 32.2. The number of aromatic nitrogens is 2. The predicted molar refractivity (Wildman–Crippen MR) is 126 cm³/mol. The third-order valence-electron chi connectivity index (χ3n) is 5.34. The number of benzene rings is 1. The minimum absolute atomic E-state index is 0.00757. The Kier molecular flexibility index (Phi) is 5.66. The number of nitrogens with one attached hydrogen (secondary N) is 2. The van der Waals surface area contributed by atoms with Crippen molar-refractivity contribution in [2.45, 2.75) is 22.1 Å². The fourth-order valence-corrected chi connectivity index (χ4v) is 5.86. The Morgan fingerprint density at radius 1 is 1.16 bits per heavy atom. The first kappa shape index (κ1) is 21.0. The lowest BCUT2D eigenvalue weighted by Gasteiger charge is -2.27. The zero-order valence-electron chi connectivity index (χ0n) is 17.5. The number of aryl methyl sites for hydroxylation is 1. The van der Waals surface area contributed by atoms with Gasteiger partial charge in [-0.05, 0) is 48.4 Å². The summed E-state index contributed by atoms with van der Waals surface area (Å²) < 4.78 is 34.1. The summed E-state index contributed by atoms with van der Waals surface area (Å²) in [5.41, 5.74) is 3.51. The number of hydrogen-bond donors (Lipinski definition) is 2.